The van der Waals surface area contributed by atoms with Crippen LogP contribution in [-0.4, -0.2) is 34.7 Å². The number of aliphatic carboxylic acids is 1. The van der Waals surface area contributed by atoms with Gasteiger partial charge in [0.2, 0.25) is 0 Å². The Morgan fingerprint density at radius 3 is 2.20 bits per heavy atom. The van der Waals surface area contributed by atoms with E-state index in [1.165, 1.54) is 0 Å². The van der Waals surface area contributed by atoms with Gasteiger partial charge in [-0.25, -0.2) is 4.79 Å². The van der Waals surface area contributed by atoms with E-state index in [0.29, 0.717) is 0 Å². The number of benzene rings is 1. The van der Waals surface area contributed by atoms with Gasteiger partial charge in [0.1, 0.15) is 0 Å². The first-order valence-corrected chi connectivity index (χ1v) is 5.58. The van der Waals surface area contributed by atoms with Gasteiger partial charge in [-0.05, 0) is 24.3 Å². The van der Waals surface area contributed by atoms with Crippen LogP contribution < -0.4 is 5.32 Å². The monoisotopic (exact) mass is 291 g/mol. The Bertz CT molecular complexity index is 484. The molecular formula is C12H12F3NO4. The third kappa shape index (κ3) is 4.54. The highest BCUT2D eigenvalue weighted by molar-refractivity contribution is 5.94. The highest BCUT2D eigenvalue weighted by Crippen LogP contribution is 2.28. The van der Waals surface area contributed by atoms with Crippen LogP contribution in [0.1, 0.15) is 22.3 Å². The van der Waals surface area contributed by atoms with Crippen molar-refractivity contribution in [3.63, 3.8) is 0 Å². The van der Waals surface area contributed by atoms with E-state index in [0.717, 1.165) is 24.3 Å². The minimum Gasteiger partial charge on any atom is -0.479 e. The second-order valence-electron chi connectivity index (χ2n) is 3.97. The minimum atomic E-state index is -4.47. The second-order valence-corrected chi connectivity index (χ2v) is 3.97. The molecule has 0 bridgehead atoms. The Labute approximate surface area is 112 Å². The predicted octanol–water partition coefficient (Wildman–Crippen LogP) is 1.27. The van der Waals surface area contributed by atoms with Crippen LogP contribution in [0, 0.1) is 0 Å². The number of carbonyl (C=O) groups excluding carboxylic acids is 1. The van der Waals surface area contributed by atoms with Gasteiger partial charge in [0, 0.05) is 18.5 Å². The lowest BCUT2D eigenvalue weighted by molar-refractivity contribution is -0.146. The van der Waals surface area contributed by atoms with Gasteiger partial charge in [-0.2, -0.15) is 13.2 Å². The molecule has 110 valence electrons. The Kier molecular flexibility index (Phi) is 5.09. The van der Waals surface area contributed by atoms with E-state index >= 15 is 0 Å². The van der Waals surface area contributed by atoms with Gasteiger partial charge >= 0.3 is 12.1 Å². The number of halogens is 3. The summed E-state index contributed by atoms with van der Waals surface area (Å²) in [5.41, 5.74) is -0.849. The van der Waals surface area contributed by atoms with E-state index in [1.54, 1.807) is 0 Å². The van der Waals surface area contributed by atoms with Crippen molar-refractivity contribution in [2.45, 2.75) is 18.7 Å². The number of carboxylic acid groups (broad SMARTS) is 1. The van der Waals surface area contributed by atoms with Crippen LogP contribution in [0.3, 0.4) is 0 Å². The molecule has 1 amide bonds. The molecule has 0 aliphatic carbocycles. The molecule has 0 aromatic heterocycles. The molecule has 0 aliphatic heterocycles. The summed E-state index contributed by atoms with van der Waals surface area (Å²) in [7, 11) is 0. The van der Waals surface area contributed by atoms with Gasteiger partial charge in [-0.1, -0.05) is 0 Å². The number of alkyl halides is 3. The lowest BCUT2D eigenvalue weighted by Gasteiger charge is -2.09. The quantitative estimate of drug-likeness (QED) is 0.762. The van der Waals surface area contributed by atoms with E-state index in [1.807, 2.05) is 0 Å². The number of amides is 1. The van der Waals surface area contributed by atoms with Gasteiger partial charge in [0.25, 0.3) is 5.91 Å². The van der Waals surface area contributed by atoms with Crippen LogP contribution in [0.25, 0.3) is 0 Å². The van der Waals surface area contributed by atoms with Crippen LogP contribution >= 0.6 is 0 Å². The van der Waals surface area contributed by atoms with Crippen LogP contribution in [-0.2, 0) is 11.0 Å². The topological polar surface area (TPSA) is 86.6 Å². The molecule has 0 saturated carbocycles. The van der Waals surface area contributed by atoms with Crippen LogP contribution in [0.4, 0.5) is 13.2 Å². The Morgan fingerprint density at radius 1 is 1.20 bits per heavy atom. The van der Waals surface area contributed by atoms with E-state index in [4.69, 9.17) is 10.2 Å². The van der Waals surface area contributed by atoms with Crippen molar-refractivity contribution in [3.8, 4) is 0 Å². The number of aliphatic hydroxyl groups excluding tert-OH is 1. The standard InChI is InChI=1S/C12H12F3NO4/c13-12(14,15)8-3-1-7(2-4-8)10(18)16-6-5-9(17)11(19)20/h1-4,9,17H,5-6H2,(H,16,18)(H,19,20). The molecule has 8 heteroatoms. The summed E-state index contributed by atoms with van der Waals surface area (Å²) in [6.45, 7) is -0.104. The van der Waals surface area contributed by atoms with E-state index in [9.17, 15) is 22.8 Å². The fourth-order valence-electron chi connectivity index (χ4n) is 1.36. The summed E-state index contributed by atoms with van der Waals surface area (Å²) in [5, 5.41) is 19.7. The Hall–Kier alpha value is -2.09. The maximum Gasteiger partial charge on any atom is 0.416 e. The lowest BCUT2D eigenvalue weighted by atomic mass is 10.1. The maximum atomic E-state index is 12.3. The van der Waals surface area contributed by atoms with Crippen molar-refractivity contribution in [2.24, 2.45) is 0 Å². The average molecular weight is 291 g/mol. The van der Waals surface area contributed by atoms with E-state index in [2.05, 4.69) is 5.32 Å². The molecule has 0 radical (unpaired) electrons. The molecule has 1 aromatic rings. The fraction of sp³-hybridized carbons (Fsp3) is 0.333. The van der Waals surface area contributed by atoms with E-state index in [-0.39, 0.29) is 18.5 Å². The predicted molar refractivity (Wildman–Crippen MR) is 62.0 cm³/mol. The molecular weight excluding hydrogens is 279 g/mol. The normalized spacial score (nSPS) is 12.8. The smallest absolute Gasteiger partial charge is 0.416 e. The number of carbonyl (C=O) groups is 2. The number of aliphatic hydroxyl groups is 1. The Morgan fingerprint density at radius 2 is 1.75 bits per heavy atom. The third-order valence-electron chi connectivity index (χ3n) is 2.46. The van der Waals surface area contributed by atoms with E-state index < -0.39 is 29.7 Å². The molecule has 3 N–H and O–H groups in total. The van der Waals surface area contributed by atoms with Crippen molar-refractivity contribution < 1.29 is 33.0 Å². The SMILES string of the molecule is O=C(NCCC(O)C(=O)O)c1ccc(C(F)(F)F)cc1. The number of rotatable bonds is 5. The van der Waals surface area contributed by atoms with Gasteiger partial charge in [0.15, 0.2) is 6.10 Å². The number of hydrogen-bond donors (Lipinski definition) is 3. The average Bonchev–Trinajstić information content (AvgIpc) is 2.37. The van der Waals surface area contributed by atoms with Crippen LogP contribution in [0.2, 0.25) is 0 Å². The lowest BCUT2D eigenvalue weighted by Crippen LogP contribution is -2.30. The summed E-state index contributed by atoms with van der Waals surface area (Å²) in [6, 6.07) is 3.60. The zero-order valence-electron chi connectivity index (χ0n) is 10.1. The summed E-state index contributed by atoms with van der Waals surface area (Å²) < 4.78 is 36.9. The zero-order chi connectivity index (χ0) is 15.3. The third-order valence-corrected chi connectivity index (χ3v) is 2.46. The zero-order valence-corrected chi connectivity index (χ0v) is 10.1. The molecule has 5 nitrogen and oxygen atoms in total. The first-order valence-electron chi connectivity index (χ1n) is 5.58. The van der Waals surface area contributed by atoms with Crippen molar-refractivity contribution in [1.29, 1.82) is 0 Å². The Balaban J connectivity index is 2.54. The molecule has 20 heavy (non-hydrogen) atoms. The first-order chi connectivity index (χ1) is 9.21. The molecule has 0 spiro atoms. The highest BCUT2D eigenvalue weighted by Gasteiger charge is 2.30. The molecule has 0 fully saturated rings. The number of hydrogen-bond acceptors (Lipinski definition) is 3. The second kappa shape index (κ2) is 6.38. The molecule has 0 aliphatic rings. The summed E-state index contributed by atoms with van der Waals surface area (Å²) in [5.74, 6) is -2.05. The largest absolute Gasteiger partial charge is 0.479 e. The highest BCUT2D eigenvalue weighted by atomic mass is 19.4. The molecule has 0 saturated heterocycles. The fourth-order valence-corrected chi connectivity index (χ4v) is 1.36. The molecule has 1 unspecified atom stereocenters. The molecule has 1 rings (SSSR count). The number of carboxylic acids is 1. The summed E-state index contributed by atoms with van der Waals surface area (Å²) in [6.07, 6.45) is -6.26. The molecule has 1 atom stereocenters. The summed E-state index contributed by atoms with van der Waals surface area (Å²) in [4.78, 5) is 21.8. The van der Waals surface area contributed by atoms with Crippen molar-refractivity contribution in [3.05, 3.63) is 35.4 Å². The molecule has 0 heterocycles. The summed E-state index contributed by atoms with van der Waals surface area (Å²) >= 11 is 0. The maximum absolute atomic E-state index is 12.3. The van der Waals surface area contributed by atoms with Crippen molar-refractivity contribution in [2.75, 3.05) is 6.54 Å². The van der Waals surface area contributed by atoms with Crippen molar-refractivity contribution in [1.82, 2.24) is 5.32 Å². The van der Waals surface area contributed by atoms with Gasteiger partial charge in [-0.3, -0.25) is 4.79 Å². The minimum absolute atomic E-state index is 0.0165. The number of nitrogens with one attached hydrogen (secondary N) is 1. The van der Waals surface area contributed by atoms with Gasteiger partial charge in [-0.15, -0.1) is 0 Å². The van der Waals surface area contributed by atoms with Gasteiger partial charge in [0.05, 0.1) is 5.56 Å². The van der Waals surface area contributed by atoms with Crippen molar-refractivity contribution >= 4 is 11.9 Å². The van der Waals surface area contributed by atoms with Gasteiger partial charge < -0.3 is 15.5 Å². The first kappa shape index (κ1) is 16.0. The van der Waals surface area contributed by atoms with Crippen LogP contribution in [0.15, 0.2) is 24.3 Å². The van der Waals surface area contributed by atoms with Crippen LogP contribution in [0.5, 0.6) is 0 Å². The molecule has 1 aromatic carbocycles.